The van der Waals surface area contributed by atoms with Crippen molar-refractivity contribution in [2.24, 2.45) is 5.92 Å². The van der Waals surface area contributed by atoms with Crippen LogP contribution in [0.2, 0.25) is 0 Å². The average molecular weight is 453 g/mol. The summed E-state index contributed by atoms with van der Waals surface area (Å²) in [7, 11) is 0. The summed E-state index contributed by atoms with van der Waals surface area (Å²) >= 11 is 0. The van der Waals surface area contributed by atoms with E-state index in [4.69, 9.17) is 0 Å². The summed E-state index contributed by atoms with van der Waals surface area (Å²) in [6.45, 7) is 4.98. The lowest BCUT2D eigenvalue weighted by molar-refractivity contribution is 0.241. The number of hydrogen-bond donors (Lipinski definition) is 1. The Kier molecular flexibility index (Phi) is 29.0. The molecule has 0 aliphatic rings. The molecule has 0 heterocycles. The lowest BCUT2D eigenvalue weighted by atomic mass is 9.91. The summed E-state index contributed by atoms with van der Waals surface area (Å²) in [5, 5.41) is 9.42. The van der Waals surface area contributed by atoms with Crippen LogP contribution in [-0.4, -0.2) is 11.7 Å². The maximum atomic E-state index is 9.42. The molecule has 0 aliphatic carbocycles. The van der Waals surface area contributed by atoms with E-state index in [1.54, 1.807) is 0 Å². The summed E-state index contributed by atoms with van der Waals surface area (Å²) in [6, 6.07) is 0. The molecule has 194 valence electrons. The molecule has 0 saturated carbocycles. The Labute approximate surface area is 204 Å². The molecule has 0 amide bonds. The van der Waals surface area contributed by atoms with Gasteiger partial charge in [0.05, 0.1) is 0 Å². The van der Waals surface area contributed by atoms with Gasteiger partial charge in [-0.1, -0.05) is 181 Å². The van der Waals surface area contributed by atoms with Crippen LogP contribution in [0.3, 0.4) is 0 Å². The molecular weight excluding hydrogens is 388 g/mol. The second-order valence-electron chi connectivity index (χ2n) is 10.7. The molecule has 1 nitrogen and oxygen atoms in total. The zero-order valence-electron chi connectivity index (χ0n) is 22.8. The van der Waals surface area contributed by atoms with Crippen molar-refractivity contribution in [3.05, 3.63) is 0 Å². The van der Waals surface area contributed by atoms with Gasteiger partial charge < -0.3 is 5.11 Å². The van der Waals surface area contributed by atoms with Gasteiger partial charge >= 0.3 is 0 Å². The molecule has 0 aromatic carbocycles. The van der Waals surface area contributed by atoms with Crippen molar-refractivity contribution < 1.29 is 5.11 Å². The molecule has 32 heavy (non-hydrogen) atoms. The highest BCUT2D eigenvalue weighted by Gasteiger charge is 2.08. The van der Waals surface area contributed by atoms with E-state index in [0.717, 1.165) is 12.3 Å². The van der Waals surface area contributed by atoms with Crippen LogP contribution >= 0.6 is 0 Å². The van der Waals surface area contributed by atoms with Crippen LogP contribution in [0, 0.1) is 5.92 Å². The molecule has 0 aromatic rings. The molecule has 0 aromatic heterocycles. The van der Waals surface area contributed by atoms with Gasteiger partial charge in [0, 0.05) is 6.61 Å². The highest BCUT2D eigenvalue weighted by molar-refractivity contribution is 4.61. The van der Waals surface area contributed by atoms with Gasteiger partial charge in [0.25, 0.3) is 0 Å². The van der Waals surface area contributed by atoms with Crippen molar-refractivity contribution in [1.82, 2.24) is 0 Å². The zero-order valence-corrected chi connectivity index (χ0v) is 22.8. The minimum absolute atomic E-state index is 0.390. The van der Waals surface area contributed by atoms with Crippen LogP contribution in [0.4, 0.5) is 0 Å². The molecule has 0 bridgehead atoms. The molecule has 0 rings (SSSR count). The highest BCUT2D eigenvalue weighted by Crippen LogP contribution is 2.22. The average Bonchev–Trinajstić information content (AvgIpc) is 2.80. The first-order chi connectivity index (χ1) is 15.8. The van der Waals surface area contributed by atoms with Gasteiger partial charge in [0.1, 0.15) is 0 Å². The Hall–Kier alpha value is -0.0400. The molecule has 0 radical (unpaired) electrons. The summed E-state index contributed by atoms with van der Waals surface area (Å²) in [4.78, 5) is 0. The van der Waals surface area contributed by atoms with Crippen molar-refractivity contribution in [2.45, 2.75) is 187 Å². The van der Waals surface area contributed by atoms with Gasteiger partial charge in [0.2, 0.25) is 0 Å². The molecule has 1 N–H and O–H groups in total. The molecule has 0 saturated heterocycles. The monoisotopic (exact) mass is 452 g/mol. The first-order valence-electron chi connectivity index (χ1n) is 15.5. The minimum Gasteiger partial charge on any atom is -0.396 e. The third-order valence-electron chi connectivity index (χ3n) is 7.47. The quantitative estimate of drug-likeness (QED) is 0.117. The Morgan fingerprint density at radius 1 is 0.344 bits per heavy atom. The molecule has 0 aliphatic heterocycles. The first kappa shape index (κ1) is 32.0. The molecule has 0 atom stereocenters. The summed E-state index contributed by atoms with van der Waals surface area (Å²) < 4.78 is 0. The second kappa shape index (κ2) is 29.0. The van der Waals surface area contributed by atoms with Crippen molar-refractivity contribution in [3.63, 3.8) is 0 Å². The second-order valence-corrected chi connectivity index (χ2v) is 10.7. The Balaban J connectivity index is 3.39. The van der Waals surface area contributed by atoms with Crippen molar-refractivity contribution >= 4 is 0 Å². The van der Waals surface area contributed by atoms with Crippen LogP contribution in [0.25, 0.3) is 0 Å². The van der Waals surface area contributed by atoms with Crippen LogP contribution in [0.5, 0.6) is 0 Å². The summed E-state index contributed by atoms with van der Waals surface area (Å²) in [5.41, 5.74) is 0. The van der Waals surface area contributed by atoms with Gasteiger partial charge in [-0.2, -0.15) is 0 Å². The van der Waals surface area contributed by atoms with E-state index in [0.29, 0.717) is 6.61 Å². The molecule has 1 heteroatoms. The fourth-order valence-electron chi connectivity index (χ4n) is 5.16. The van der Waals surface area contributed by atoms with E-state index in [2.05, 4.69) is 13.8 Å². The zero-order chi connectivity index (χ0) is 23.4. The Morgan fingerprint density at radius 2 is 0.594 bits per heavy atom. The summed E-state index contributed by atoms with van der Waals surface area (Å²) in [6.07, 6.45) is 38.1. The minimum atomic E-state index is 0.390. The van der Waals surface area contributed by atoms with E-state index in [1.165, 1.54) is 167 Å². The normalized spacial score (nSPS) is 11.6. The van der Waals surface area contributed by atoms with Gasteiger partial charge in [-0.15, -0.1) is 0 Å². The SMILES string of the molecule is CCCCCCCCCCCCCCC(CCO)CCCCCCCCCCCCCC. The van der Waals surface area contributed by atoms with Crippen LogP contribution in [-0.2, 0) is 0 Å². The number of aliphatic hydroxyl groups excluding tert-OH is 1. The van der Waals surface area contributed by atoms with Gasteiger partial charge in [-0.05, 0) is 12.3 Å². The van der Waals surface area contributed by atoms with Crippen molar-refractivity contribution in [3.8, 4) is 0 Å². The maximum absolute atomic E-state index is 9.42. The Morgan fingerprint density at radius 3 is 0.844 bits per heavy atom. The molecule has 0 fully saturated rings. The predicted octanol–water partition coefficient (Wildman–Crippen LogP) is 11.2. The van der Waals surface area contributed by atoms with Crippen molar-refractivity contribution in [1.29, 1.82) is 0 Å². The predicted molar refractivity (Wildman–Crippen MR) is 147 cm³/mol. The highest BCUT2D eigenvalue weighted by atomic mass is 16.3. The number of hydrogen-bond acceptors (Lipinski definition) is 1. The third kappa shape index (κ3) is 26.2. The molecule has 0 unspecified atom stereocenters. The smallest absolute Gasteiger partial charge is 0.0433 e. The fraction of sp³-hybridized carbons (Fsp3) is 1.00. The van der Waals surface area contributed by atoms with Gasteiger partial charge in [-0.25, -0.2) is 0 Å². The maximum Gasteiger partial charge on any atom is 0.0433 e. The Bertz CT molecular complexity index is 286. The standard InChI is InChI=1S/C31H64O/c1-3-5-7-9-11-13-15-17-19-21-23-25-27-31(29-30-32)28-26-24-22-20-18-16-14-12-10-8-6-4-2/h31-32H,3-30H2,1-2H3. The number of rotatable bonds is 28. The number of unbranched alkanes of at least 4 members (excludes halogenated alkanes) is 22. The van der Waals surface area contributed by atoms with Crippen molar-refractivity contribution in [2.75, 3.05) is 6.61 Å². The van der Waals surface area contributed by atoms with E-state index in [1.807, 2.05) is 0 Å². The summed E-state index contributed by atoms with van der Waals surface area (Å²) in [5.74, 6) is 0.784. The first-order valence-corrected chi connectivity index (χ1v) is 15.5. The largest absolute Gasteiger partial charge is 0.396 e. The fourth-order valence-corrected chi connectivity index (χ4v) is 5.16. The van der Waals surface area contributed by atoms with E-state index in [-0.39, 0.29) is 0 Å². The van der Waals surface area contributed by atoms with Crippen LogP contribution < -0.4 is 0 Å². The van der Waals surface area contributed by atoms with E-state index >= 15 is 0 Å². The van der Waals surface area contributed by atoms with E-state index < -0.39 is 0 Å². The number of aliphatic hydroxyl groups is 1. The lowest BCUT2D eigenvalue weighted by Gasteiger charge is -2.15. The van der Waals surface area contributed by atoms with Gasteiger partial charge in [0.15, 0.2) is 0 Å². The third-order valence-corrected chi connectivity index (χ3v) is 7.47. The lowest BCUT2D eigenvalue weighted by Crippen LogP contribution is -2.03. The van der Waals surface area contributed by atoms with Gasteiger partial charge in [-0.3, -0.25) is 0 Å². The molecule has 0 spiro atoms. The van der Waals surface area contributed by atoms with Crippen LogP contribution in [0.1, 0.15) is 187 Å². The molecular formula is C31H64O. The topological polar surface area (TPSA) is 20.2 Å². The van der Waals surface area contributed by atoms with Crippen LogP contribution in [0.15, 0.2) is 0 Å². The van der Waals surface area contributed by atoms with E-state index in [9.17, 15) is 5.11 Å².